The molecule has 21 heavy (non-hydrogen) atoms. The number of para-hydroxylation sites is 1. The summed E-state index contributed by atoms with van der Waals surface area (Å²) in [6, 6.07) is 4.67. The molecule has 0 amide bonds. The van der Waals surface area contributed by atoms with Gasteiger partial charge in [0.1, 0.15) is 10.6 Å². The van der Waals surface area contributed by atoms with E-state index in [-0.39, 0.29) is 12.5 Å². The van der Waals surface area contributed by atoms with Crippen molar-refractivity contribution in [2.24, 2.45) is 5.92 Å². The zero-order chi connectivity index (χ0) is 16.1. The second-order valence-corrected chi connectivity index (χ2v) is 6.26. The molecule has 1 aromatic carbocycles. The number of benzene rings is 1. The van der Waals surface area contributed by atoms with E-state index in [0.717, 1.165) is 25.0 Å². The molecule has 0 unspecified atom stereocenters. The van der Waals surface area contributed by atoms with Crippen LogP contribution in [0.2, 0.25) is 0 Å². The number of sulfonamides is 1. The first-order valence-corrected chi connectivity index (χ1v) is 8.02. The fraction of sp³-hybridized carbons (Fsp3) is 0.538. The van der Waals surface area contributed by atoms with E-state index in [0.29, 0.717) is 0 Å². The molecule has 0 heterocycles. The second-order valence-electron chi connectivity index (χ2n) is 4.53. The maximum atomic E-state index is 12.3. The molecule has 4 nitrogen and oxygen atoms in total. The highest BCUT2D eigenvalue weighted by molar-refractivity contribution is 7.89. The third kappa shape index (κ3) is 5.55. The van der Waals surface area contributed by atoms with Crippen molar-refractivity contribution >= 4 is 10.0 Å². The van der Waals surface area contributed by atoms with Crippen LogP contribution in [0.4, 0.5) is 13.2 Å². The molecule has 0 aliphatic rings. The number of alkyl halides is 3. The first-order chi connectivity index (χ1) is 9.69. The summed E-state index contributed by atoms with van der Waals surface area (Å²) in [7, 11) is -4.05. The molecule has 0 aliphatic carbocycles. The normalized spacial score (nSPS) is 12.7. The van der Waals surface area contributed by atoms with Gasteiger partial charge >= 0.3 is 6.36 Å². The lowest BCUT2D eigenvalue weighted by Gasteiger charge is -2.16. The highest BCUT2D eigenvalue weighted by Gasteiger charge is 2.33. The number of nitrogens with one attached hydrogen (secondary N) is 1. The van der Waals surface area contributed by atoms with Gasteiger partial charge in [-0.2, -0.15) is 0 Å². The molecule has 120 valence electrons. The summed E-state index contributed by atoms with van der Waals surface area (Å²) in [4.78, 5) is -0.520. The Bertz CT molecular complexity index is 554. The van der Waals surface area contributed by atoms with Crippen LogP contribution in [0.15, 0.2) is 29.2 Å². The molecule has 0 saturated carbocycles. The van der Waals surface area contributed by atoms with Gasteiger partial charge in [-0.15, -0.1) is 13.2 Å². The lowest BCUT2D eigenvalue weighted by molar-refractivity contribution is -0.275. The third-order valence-corrected chi connectivity index (χ3v) is 4.54. The molecule has 8 heteroatoms. The van der Waals surface area contributed by atoms with Crippen molar-refractivity contribution in [1.82, 2.24) is 4.72 Å². The maximum absolute atomic E-state index is 12.3. The van der Waals surface area contributed by atoms with Gasteiger partial charge in [-0.05, 0) is 18.1 Å². The van der Waals surface area contributed by atoms with Crippen molar-refractivity contribution in [1.29, 1.82) is 0 Å². The molecule has 0 fully saturated rings. The minimum absolute atomic E-state index is 0.135. The van der Waals surface area contributed by atoms with Crippen LogP contribution in [0.1, 0.15) is 26.7 Å². The topological polar surface area (TPSA) is 55.4 Å². The lowest BCUT2D eigenvalue weighted by Crippen LogP contribution is -2.30. The number of hydrogen-bond acceptors (Lipinski definition) is 3. The highest BCUT2D eigenvalue weighted by atomic mass is 32.2. The summed E-state index contributed by atoms with van der Waals surface area (Å²) in [6.45, 7) is 4.02. The van der Waals surface area contributed by atoms with E-state index >= 15 is 0 Å². The molecule has 1 rings (SSSR count). The van der Waals surface area contributed by atoms with Crippen LogP contribution in [0, 0.1) is 5.92 Å². The lowest BCUT2D eigenvalue weighted by atomic mass is 10.0. The molecule has 0 aromatic heterocycles. The Hall–Kier alpha value is -1.28. The van der Waals surface area contributed by atoms with Crippen molar-refractivity contribution in [2.75, 3.05) is 6.54 Å². The minimum Gasteiger partial charge on any atom is -0.404 e. The molecule has 1 N–H and O–H groups in total. The van der Waals surface area contributed by atoms with Crippen molar-refractivity contribution in [3.8, 4) is 5.75 Å². The Morgan fingerprint density at radius 2 is 1.76 bits per heavy atom. The van der Waals surface area contributed by atoms with Gasteiger partial charge in [-0.25, -0.2) is 13.1 Å². The molecule has 0 saturated heterocycles. The smallest absolute Gasteiger partial charge is 0.404 e. The van der Waals surface area contributed by atoms with E-state index in [2.05, 4.69) is 9.46 Å². The molecule has 1 aromatic rings. The second kappa shape index (κ2) is 7.13. The zero-order valence-corrected chi connectivity index (χ0v) is 12.6. The zero-order valence-electron chi connectivity index (χ0n) is 11.8. The van der Waals surface area contributed by atoms with Crippen molar-refractivity contribution in [2.45, 2.75) is 37.9 Å². The first-order valence-electron chi connectivity index (χ1n) is 6.54. The Labute approximate surface area is 122 Å². The van der Waals surface area contributed by atoms with Crippen LogP contribution in [0.3, 0.4) is 0 Å². The summed E-state index contributed by atoms with van der Waals surface area (Å²) < 4.78 is 67.2. The Kier molecular flexibility index (Phi) is 6.03. The minimum atomic E-state index is -4.94. The predicted octanol–water partition coefficient (Wildman–Crippen LogP) is 3.30. The molecule has 0 aliphatic heterocycles. The fourth-order valence-electron chi connectivity index (χ4n) is 1.76. The summed E-state index contributed by atoms with van der Waals surface area (Å²) in [5, 5.41) is 0. The van der Waals surface area contributed by atoms with Gasteiger partial charge in [-0.1, -0.05) is 38.8 Å². The Balaban J connectivity index is 2.98. The fourth-order valence-corrected chi connectivity index (χ4v) is 3.01. The molecular weight excluding hydrogens is 307 g/mol. The van der Waals surface area contributed by atoms with Gasteiger partial charge < -0.3 is 4.74 Å². The molecule has 0 radical (unpaired) electrons. The predicted molar refractivity (Wildman–Crippen MR) is 72.4 cm³/mol. The number of hydrogen-bond donors (Lipinski definition) is 1. The highest BCUT2D eigenvalue weighted by Crippen LogP contribution is 2.29. The van der Waals surface area contributed by atoms with Crippen LogP contribution in [0.5, 0.6) is 5.75 Å². The Morgan fingerprint density at radius 3 is 2.29 bits per heavy atom. The van der Waals surface area contributed by atoms with Crippen LogP contribution in [0.25, 0.3) is 0 Å². The summed E-state index contributed by atoms with van der Waals surface area (Å²) in [5.41, 5.74) is 0. The van der Waals surface area contributed by atoms with Crippen LogP contribution < -0.4 is 9.46 Å². The summed E-state index contributed by atoms with van der Waals surface area (Å²) >= 11 is 0. The monoisotopic (exact) mass is 325 g/mol. The van der Waals surface area contributed by atoms with Gasteiger partial charge in [0, 0.05) is 6.54 Å². The first kappa shape index (κ1) is 17.8. The Morgan fingerprint density at radius 1 is 1.19 bits per heavy atom. The van der Waals surface area contributed by atoms with Gasteiger partial charge in [0.25, 0.3) is 0 Å². The average Bonchev–Trinajstić information content (AvgIpc) is 2.38. The SMILES string of the molecule is CCC(CC)CNS(=O)(=O)c1ccccc1OC(F)(F)F. The molecular formula is C13H18F3NO3S. The summed E-state index contributed by atoms with van der Waals surface area (Å²) in [5.74, 6) is -0.600. The van der Waals surface area contributed by atoms with Gasteiger partial charge in [0.2, 0.25) is 10.0 Å². The number of halogens is 3. The average molecular weight is 325 g/mol. The van der Waals surface area contributed by atoms with E-state index in [1.165, 1.54) is 12.1 Å². The van der Waals surface area contributed by atoms with E-state index in [1.54, 1.807) is 0 Å². The number of ether oxygens (including phenoxy) is 1. The standard InChI is InChI=1S/C13H18F3NO3S/c1-3-10(4-2)9-17-21(18,19)12-8-6-5-7-11(12)20-13(14,15)16/h5-8,10,17H,3-4,9H2,1-2H3. The van der Waals surface area contributed by atoms with Crippen LogP contribution in [-0.2, 0) is 10.0 Å². The van der Waals surface area contributed by atoms with Crippen molar-refractivity contribution in [3.05, 3.63) is 24.3 Å². The van der Waals surface area contributed by atoms with Gasteiger partial charge in [-0.3, -0.25) is 0 Å². The van der Waals surface area contributed by atoms with Gasteiger partial charge in [0.15, 0.2) is 0 Å². The van der Waals surface area contributed by atoms with E-state index in [4.69, 9.17) is 0 Å². The summed E-state index contributed by atoms with van der Waals surface area (Å²) in [6.07, 6.45) is -3.39. The maximum Gasteiger partial charge on any atom is 0.573 e. The van der Waals surface area contributed by atoms with E-state index in [9.17, 15) is 21.6 Å². The third-order valence-electron chi connectivity index (χ3n) is 3.08. The van der Waals surface area contributed by atoms with Crippen LogP contribution >= 0.6 is 0 Å². The molecule has 0 spiro atoms. The number of rotatable bonds is 7. The molecule has 0 bridgehead atoms. The van der Waals surface area contributed by atoms with Gasteiger partial charge in [0.05, 0.1) is 0 Å². The van der Waals surface area contributed by atoms with Crippen LogP contribution in [-0.4, -0.2) is 21.3 Å². The van der Waals surface area contributed by atoms with E-state index in [1.807, 2.05) is 13.8 Å². The van der Waals surface area contributed by atoms with Crippen molar-refractivity contribution < 1.29 is 26.3 Å². The van der Waals surface area contributed by atoms with E-state index < -0.39 is 27.0 Å². The molecule has 0 atom stereocenters. The van der Waals surface area contributed by atoms with Crippen molar-refractivity contribution in [3.63, 3.8) is 0 Å². The quantitative estimate of drug-likeness (QED) is 0.837. The largest absolute Gasteiger partial charge is 0.573 e.